The molecule has 0 aromatic carbocycles. The van der Waals surface area contributed by atoms with E-state index in [-0.39, 0.29) is 6.10 Å². The SMILES string of the molecule is OC(CNCC1(O)CCCC1)CC1CCCC1. The van der Waals surface area contributed by atoms with Gasteiger partial charge in [0.15, 0.2) is 0 Å². The van der Waals surface area contributed by atoms with Gasteiger partial charge in [0.2, 0.25) is 0 Å². The molecule has 2 aliphatic carbocycles. The van der Waals surface area contributed by atoms with Crippen LogP contribution in [0.3, 0.4) is 0 Å². The van der Waals surface area contributed by atoms with Crippen LogP contribution in [0.5, 0.6) is 0 Å². The summed E-state index contributed by atoms with van der Waals surface area (Å²) in [7, 11) is 0. The second kappa shape index (κ2) is 6.17. The number of hydrogen-bond acceptors (Lipinski definition) is 3. The van der Waals surface area contributed by atoms with Gasteiger partial charge in [-0.05, 0) is 25.2 Å². The molecule has 1 unspecified atom stereocenters. The topological polar surface area (TPSA) is 52.5 Å². The van der Waals surface area contributed by atoms with Crippen LogP contribution in [0.2, 0.25) is 0 Å². The summed E-state index contributed by atoms with van der Waals surface area (Å²) >= 11 is 0. The summed E-state index contributed by atoms with van der Waals surface area (Å²) in [6, 6.07) is 0. The Hall–Kier alpha value is -0.120. The summed E-state index contributed by atoms with van der Waals surface area (Å²) < 4.78 is 0. The van der Waals surface area contributed by atoms with Crippen LogP contribution in [0.15, 0.2) is 0 Å². The number of nitrogens with one attached hydrogen (secondary N) is 1. The first kappa shape index (κ1) is 13.3. The van der Waals surface area contributed by atoms with Crippen molar-refractivity contribution in [1.29, 1.82) is 0 Å². The molecule has 0 saturated heterocycles. The molecule has 0 aromatic rings. The van der Waals surface area contributed by atoms with Crippen molar-refractivity contribution in [3.63, 3.8) is 0 Å². The molecule has 1 atom stereocenters. The van der Waals surface area contributed by atoms with Crippen molar-refractivity contribution in [3.05, 3.63) is 0 Å². The zero-order valence-electron chi connectivity index (χ0n) is 10.8. The van der Waals surface area contributed by atoms with Crippen molar-refractivity contribution < 1.29 is 10.2 Å². The minimum atomic E-state index is -0.493. The van der Waals surface area contributed by atoms with Crippen LogP contribution >= 0.6 is 0 Å². The van der Waals surface area contributed by atoms with Crippen LogP contribution < -0.4 is 5.32 Å². The third-order valence-electron chi connectivity index (χ3n) is 4.45. The van der Waals surface area contributed by atoms with E-state index >= 15 is 0 Å². The maximum atomic E-state index is 10.1. The van der Waals surface area contributed by atoms with E-state index in [1.54, 1.807) is 0 Å². The molecule has 2 fully saturated rings. The minimum absolute atomic E-state index is 0.233. The molecule has 2 saturated carbocycles. The van der Waals surface area contributed by atoms with E-state index in [9.17, 15) is 10.2 Å². The molecule has 100 valence electrons. The Kier molecular flexibility index (Phi) is 4.83. The van der Waals surface area contributed by atoms with Gasteiger partial charge >= 0.3 is 0 Å². The zero-order valence-corrected chi connectivity index (χ0v) is 10.8. The van der Waals surface area contributed by atoms with Gasteiger partial charge in [0.05, 0.1) is 11.7 Å². The van der Waals surface area contributed by atoms with Crippen LogP contribution in [-0.2, 0) is 0 Å². The Balaban J connectivity index is 1.57. The highest BCUT2D eigenvalue weighted by atomic mass is 16.3. The lowest BCUT2D eigenvalue weighted by molar-refractivity contribution is 0.0427. The van der Waals surface area contributed by atoms with E-state index in [4.69, 9.17) is 0 Å². The van der Waals surface area contributed by atoms with Gasteiger partial charge in [-0.15, -0.1) is 0 Å². The van der Waals surface area contributed by atoms with E-state index in [1.165, 1.54) is 25.7 Å². The third-order valence-corrected chi connectivity index (χ3v) is 4.45. The molecule has 0 amide bonds. The van der Waals surface area contributed by atoms with E-state index in [0.29, 0.717) is 13.1 Å². The third kappa shape index (κ3) is 4.23. The van der Waals surface area contributed by atoms with Gasteiger partial charge in [-0.2, -0.15) is 0 Å². The van der Waals surface area contributed by atoms with Gasteiger partial charge in [0.25, 0.3) is 0 Å². The van der Waals surface area contributed by atoms with Gasteiger partial charge in [-0.3, -0.25) is 0 Å². The van der Waals surface area contributed by atoms with Gasteiger partial charge in [-0.25, -0.2) is 0 Å². The molecule has 3 heteroatoms. The average molecular weight is 241 g/mol. The predicted molar refractivity (Wildman–Crippen MR) is 68.9 cm³/mol. The molecule has 0 radical (unpaired) electrons. The standard InChI is InChI=1S/C14H27NO2/c16-13(9-12-5-1-2-6-12)10-15-11-14(17)7-3-4-8-14/h12-13,15-17H,1-11H2. The zero-order chi connectivity index (χ0) is 12.1. The summed E-state index contributed by atoms with van der Waals surface area (Å²) in [5, 5.41) is 23.3. The van der Waals surface area contributed by atoms with Crippen molar-refractivity contribution in [2.24, 2.45) is 5.92 Å². The second-order valence-electron chi connectivity index (χ2n) is 6.10. The van der Waals surface area contributed by atoms with Crippen LogP contribution in [0.4, 0.5) is 0 Å². The number of hydrogen-bond donors (Lipinski definition) is 3. The van der Waals surface area contributed by atoms with Gasteiger partial charge in [-0.1, -0.05) is 38.5 Å². The molecule has 2 rings (SSSR count). The lowest BCUT2D eigenvalue weighted by atomic mass is 9.99. The second-order valence-corrected chi connectivity index (χ2v) is 6.10. The van der Waals surface area contributed by atoms with Crippen molar-refractivity contribution in [2.45, 2.75) is 69.5 Å². The maximum Gasteiger partial charge on any atom is 0.0771 e. The molecule has 0 aliphatic heterocycles. The molecule has 3 nitrogen and oxygen atoms in total. The molecule has 0 bridgehead atoms. The normalized spacial score (nSPS) is 26.5. The highest BCUT2D eigenvalue weighted by Gasteiger charge is 2.30. The summed E-state index contributed by atoms with van der Waals surface area (Å²) in [5.74, 6) is 0.737. The van der Waals surface area contributed by atoms with Crippen LogP contribution in [-0.4, -0.2) is 35.0 Å². The quantitative estimate of drug-likeness (QED) is 0.665. The molecule has 2 aliphatic rings. The Morgan fingerprint density at radius 2 is 1.76 bits per heavy atom. The fraction of sp³-hybridized carbons (Fsp3) is 1.00. The van der Waals surface area contributed by atoms with E-state index in [0.717, 1.165) is 38.0 Å². The Morgan fingerprint density at radius 1 is 1.12 bits per heavy atom. The van der Waals surface area contributed by atoms with Crippen molar-refractivity contribution in [3.8, 4) is 0 Å². The van der Waals surface area contributed by atoms with E-state index in [2.05, 4.69) is 5.32 Å². The molecule has 0 heterocycles. The van der Waals surface area contributed by atoms with Crippen LogP contribution in [0.25, 0.3) is 0 Å². The molecule has 0 spiro atoms. The highest BCUT2D eigenvalue weighted by Crippen LogP contribution is 2.29. The Morgan fingerprint density at radius 3 is 2.41 bits per heavy atom. The van der Waals surface area contributed by atoms with Crippen LogP contribution in [0.1, 0.15) is 57.8 Å². The number of rotatable bonds is 6. The first-order valence-electron chi connectivity index (χ1n) is 7.29. The number of aliphatic hydroxyl groups excluding tert-OH is 1. The van der Waals surface area contributed by atoms with Crippen molar-refractivity contribution in [2.75, 3.05) is 13.1 Å². The Labute approximate surface area is 105 Å². The van der Waals surface area contributed by atoms with Crippen LogP contribution in [0, 0.1) is 5.92 Å². The molecule has 3 N–H and O–H groups in total. The fourth-order valence-corrected chi connectivity index (χ4v) is 3.40. The monoisotopic (exact) mass is 241 g/mol. The van der Waals surface area contributed by atoms with Gasteiger partial charge in [0, 0.05) is 13.1 Å². The number of aliphatic hydroxyl groups is 2. The molecular formula is C14H27NO2. The predicted octanol–water partition coefficient (Wildman–Crippen LogP) is 1.82. The van der Waals surface area contributed by atoms with Crippen molar-refractivity contribution in [1.82, 2.24) is 5.32 Å². The summed E-state index contributed by atoms with van der Waals surface area (Å²) in [4.78, 5) is 0. The first-order valence-corrected chi connectivity index (χ1v) is 7.29. The summed E-state index contributed by atoms with van der Waals surface area (Å²) in [6.07, 6.45) is 10.1. The fourth-order valence-electron chi connectivity index (χ4n) is 3.40. The maximum absolute atomic E-state index is 10.1. The van der Waals surface area contributed by atoms with Crippen molar-refractivity contribution >= 4 is 0 Å². The first-order chi connectivity index (χ1) is 8.18. The lowest BCUT2D eigenvalue weighted by Crippen LogP contribution is -2.41. The molecule has 0 aromatic heterocycles. The Bertz CT molecular complexity index is 220. The highest BCUT2D eigenvalue weighted by molar-refractivity contribution is 4.86. The average Bonchev–Trinajstić information content (AvgIpc) is 2.90. The van der Waals surface area contributed by atoms with Gasteiger partial charge < -0.3 is 15.5 Å². The summed E-state index contributed by atoms with van der Waals surface area (Å²) in [5.41, 5.74) is -0.493. The van der Waals surface area contributed by atoms with E-state index in [1.807, 2.05) is 0 Å². The molecule has 17 heavy (non-hydrogen) atoms. The van der Waals surface area contributed by atoms with Gasteiger partial charge in [0.1, 0.15) is 0 Å². The minimum Gasteiger partial charge on any atom is -0.392 e. The van der Waals surface area contributed by atoms with E-state index < -0.39 is 5.60 Å². The molecular weight excluding hydrogens is 214 g/mol. The largest absolute Gasteiger partial charge is 0.392 e. The lowest BCUT2D eigenvalue weighted by Gasteiger charge is -2.24. The summed E-state index contributed by atoms with van der Waals surface area (Å²) in [6.45, 7) is 1.29. The smallest absolute Gasteiger partial charge is 0.0771 e.